The number of anilines is 2. The van der Waals surface area contributed by atoms with Crippen molar-refractivity contribution in [2.75, 3.05) is 50.0 Å². The largest absolute Gasteiger partial charge is 0.379 e. The Balaban J connectivity index is 1.50. The van der Waals surface area contributed by atoms with Crippen LogP contribution in [0, 0.1) is 13.8 Å². The lowest BCUT2D eigenvalue weighted by Crippen LogP contribution is -2.39. The molecule has 2 heterocycles. The fourth-order valence-corrected chi connectivity index (χ4v) is 2.84. The maximum Gasteiger partial charge on any atom is 0.258 e. The molecule has 0 bridgehead atoms. The SMILES string of the molecule is Cc1ccc(NC(=O)c2cnc(NCCN3CCOCC3)nc2)c(C)c1. The molecule has 0 spiro atoms. The first-order valence-electron chi connectivity index (χ1n) is 8.86. The van der Waals surface area contributed by atoms with E-state index in [1.807, 2.05) is 32.0 Å². The molecule has 138 valence electrons. The smallest absolute Gasteiger partial charge is 0.258 e. The second-order valence-corrected chi connectivity index (χ2v) is 6.45. The number of nitrogens with one attached hydrogen (secondary N) is 2. The second kappa shape index (κ2) is 8.73. The number of hydrogen-bond donors (Lipinski definition) is 2. The minimum Gasteiger partial charge on any atom is -0.379 e. The molecule has 7 heteroatoms. The summed E-state index contributed by atoms with van der Waals surface area (Å²) in [5, 5.41) is 6.09. The molecule has 1 aliphatic rings. The number of aryl methyl sites for hydroxylation is 2. The molecule has 1 aromatic carbocycles. The number of amides is 1. The van der Waals surface area contributed by atoms with Crippen molar-refractivity contribution < 1.29 is 9.53 Å². The van der Waals surface area contributed by atoms with Crippen LogP contribution in [0.1, 0.15) is 21.5 Å². The first-order valence-corrected chi connectivity index (χ1v) is 8.86. The van der Waals surface area contributed by atoms with Crippen molar-refractivity contribution in [2.24, 2.45) is 0 Å². The number of carbonyl (C=O) groups is 1. The van der Waals surface area contributed by atoms with Gasteiger partial charge in [-0.05, 0) is 25.5 Å². The van der Waals surface area contributed by atoms with Gasteiger partial charge in [-0.25, -0.2) is 9.97 Å². The predicted octanol–water partition coefficient (Wildman–Crippen LogP) is 2.09. The molecule has 0 atom stereocenters. The van der Waals surface area contributed by atoms with Crippen molar-refractivity contribution in [3.05, 3.63) is 47.3 Å². The zero-order valence-corrected chi connectivity index (χ0v) is 15.3. The van der Waals surface area contributed by atoms with Crippen LogP contribution in [0.2, 0.25) is 0 Å². The van der Waals surface area contributed by atoms with Crippen molar-refractivity contribution in [1.29, 1.82) is 0 Å². The van der Waals surface area contributed by atoms with E-state index in [0.29, 0.717) is 11.5 Å². The van der Waals surface area contributed by atoms with Crippen LogP contribution in [-0.2, 0) is 4.74 Å². The van der Waals surface area contributed by atoms with Crippen molar-refractivity contribution in [2.45, 2.75) is 13.8 Å². The fourth-order valence-electron chi connectivity index (χ4n) is 2.84. The lowest BCUT2D eigenvalue weighted by atomic mass is 10.1. The molecule has 0 aliphatic carbocycles. The third-order valence-electron chi connectivity index (χ3n) is 4.36. The number of nitrogens with zero attached hydrogens (tertiary/aromatic N) is 3. The molecular formula is C19H25N5O2. The molecule has 1 aromatic heterocycles. The summed E-state index contributed by atoms with van der Waals surface area (Å²) in [6.45, 7) is 9.18. The summed E-state index contributed by atoms with van der Waals surface area (Å²) < 4.78 is 5.33. The standard InChI is InChI=1S/C19H25N5O2/c1-14-3-4-17(15(2)11-14)23-18(25)16-12-21-19(22-13-16)20-5-6-24-7-9-26-10-8-24/h3-4,11-13H,5-10H2,1-2H3,(H,23,25)(H,20,21,22). The molecule has 7 nitrogen and oxygen atoms in total. The lowest BCUT2D eigenvalue weighted by Gasteiger charge is -2.26. The van der Waals surface area contributed by atoms with Crippen molar-refractivity contribution in [3.63, 3.8) is 0 Å². The van der Waals surface area contributed by atoms with Crippen LogP contribution in [0.5, 0.6) is 0 Å². The number of aromatic nitrogens is 2. The van der Waals surface area contributed by atoms with E-state index in [4.69, 9.17) is 4.74 Å². The average Bonchev–Trinajstić information content (AvgIpc) is 2.65. The molecule has 1 aliphatic heterocycles. The highest BCUT2D eigenvalue weighted by Gasteiger charge is 2.11. The molecule has 2 aromatic rings. The van der Waals surface area contributed by atoms with Crippen molar-refractivity contribution >= 4 is 17.5 Å². The summed E-state index contributed by atoms with van der Waals surface area (Å²) in [6, 6.07) is 5.92. The number of carbonyl (C=O) groups excluding carboxylic acids is 1. The number of rotatable bonds is 6. The zero-order chi connectivity index (χ0) is 18.4. The Hall–Kier alpha value is -2.51. The minimum absolute atomic E-state index is 0.211. The third kappa shape index (κ3) is 5.00. The van der Waals surface area contributed by atoms with Crippen LogP contribution in [0.15, 0.2) is 30.6 Å². The zero-order valence-electron chi connectivity index (χ0n) is 15.3. The van der Waals surface area contributed by atoms with Gasteiger partial charge in [0.2, 0.25) is 5.95 Å². The summed E-state index contributed by atoms with van der Waals surface area (Å²) >= 11 is 0. The Bertz CT molecular complexity index is 742. The number of benzene rings is 1. The van der Waals surface area contributed by atoms with Gasteiger partial charge in [0.1, 0.15) is 0 Å². The topological polar surface area (TPSA) is 79.4 Å². The molecule has 1 saturated heterocycles. The highest BCUT2D eigenvalue weighted by molar-refractivity contribution is 6.04. The van der Waals surface area contributed by atoms with Gasteiger partial charge in [0.15, 0.2) is 0 Å². The summed E-state index contributed by atoms with van der Waals surface area (Å²) in [6.07, 6.45) is 3.09. The first kappa shape index (κ1) is 18.3. The number of morpholine rings is 1. The molecule has 26 heavy (non-hydrogen) atoms. The monoisotopic (exact) mass is 355 g/mol. The normalized spacial score (nSPS) is 14.8. The Morgan fingerprint density at radius 2 is 1.92 bits per heavy atom. The Kier molecular flexibility index (Phi) is 6.14. The molecule has 3 rings (SSSR count). The lowest BCUT2D eigenvalue weighted by molar-refractivity contribution is 0.0398. The fraction of sp³-hybridized carbons (Fsp3) is 0.421. The van der Waals surface area contributed by atoms with E-state index in [2.05, 4.69) is 25.5 Å². The van der Waals surface area contributed by atoms with Crippen LogP contribution in [0.3, 0.4) is 0 Å². The predicted molar refractivity (Wildman–Crippen MR) is 102 cm³/mol. The summed E-state index contributed by atoms with van der Waals surface area (Å²) in [7, 11) is 0. The number of hydrogen-bond acceptors (Lipinski definition) is 6. The molecule has 0 radical (unpaired) electrons. The van der Waals surface area contributed by atoms with Crippen LogP contribution < -0.4 is 10.6 Å². The van der Waals surface area contributed by atoms with Gasteiger partial charge in [0, 0.05) is 44.3 Å². The summed E-state index contributed by atoms with van der Waals surface area (Å²) in [5.74, 6) is 0.318. The van der Waals surface area contributed by atoms with E-state index in [1.54, 1.807) is 12.4 Å². The average molecular weight is 355 g/mol. The van der Waals surface area contributed by atoms with Gasteiger partial charge in [0.05, 0.1) is 18.8 Å². The van der Waals surface area contributed by atoms with Crippen LogP contribution in [-0.4, -0.2) is 60.2 Å². The Labute approximate surface area is 153 Å². The van der Waals surface area contributed by atoms with Gasteiger partial charge < -0.3 is 15.4 Å². The molecule has 1 amide bonds. The Morgan fingerprint density at radius 3 is 2.62 bits per heavy atom. The van der Waals surface area contributed by atoms with E-state index >= 15 is 0 Å². The number of ether oxygens (including phenoxy) is 1. The van der Waals surface area contributed by atoms with Gasteiger partial charge in [-0.15, -0.1) is 0 Å². The molecular weight excluding hydrogens is 330 g/mol. The van der Waals surface area contributed by atoms with E-state index in [1.165, 1.54) is 0 Å². The minimum atomic E-state index is -0.211. The highest BCUT2D eigenvalue weighted by atomic mass is 16.5. The van der Waals surface area contributed by atoms with Gasteiger partial charge in [-0.1, -0.05) is 17.7 Å². The molecule has 1 fully saturated rings. The van der Waals surface area contributed by atoms with Crippen molar-refractivity contribution in [3.8, 4) is 0 Å². The maximum atomic E-state index is 12.4. The van der Waals surface area contributed by atoms with Crippen LogP contribution in [0.25, 0.3) is 0 Å². The maximum absolute atomic E-state index is 12.4. The quantitative estimate of drug-likeness (QED) is 0.826. The van der Waals surface area contributed by atoms with Gasteiger partial charge >= 0.3 is 0 Å². The highest BCUT2D eigenvalue weighted by Crippen LogP contribution is 2.17. The van der Waals surface area contributed by atoms with E-state index in [9.17, 15) is 4.79 Å². The van der Waals surface area contributed by atoms with Crippen LogP contribution in [0.4, 0.5) is 11.6 Å². The summed E-state index contributed by atoms with van der Waals surface area (Å²) in [5.41, 5.74) is 3.43. The second-order valence-electron chi connectivity index (χ2n) is 6.45. The van der Waals surface area contributed by atoms with E-state index < -0.39 is 0 Å². The van der Waals surface area contributed by atoms with E-state index in [-0.39, 0.29) is 5.91 Å². The Morgan fingerprint density at radius 1 is 1.19 bits per heavy atom. The van der Waals surface area contributed by atoms with Gasteiger partial charge in [-0.3, -0.25) is 9.69 Å². The van der Waals surface area contributed by atoms with Gasteiger partial charge in [0.25, 0.3) is 5.91 Å². The molecule has 2 N–H and O–H groups in total. The summed E-state index contributed by atoms with van der Waals surface area (Å²) in [4.78, 5) is 23.2. The van der Waals surface area contributed by atoms with Crippen molar-refractivity contribution in [1.82, 2.24) is 14.9 Å². The first-order chi connectivity index (χ1) is 12.6. The molecule has 0 unspecified atom stereocenters. The third-order valence-corrected chi connectivity index (χ3v) is 4.36. The van der Waals surface area contributed by atoms with Gasteiger partial charge in [-0.2, -0.15) is 0 Å². The molecule has 0 saturated carbocycles. The van der Waals surface area contributed by atoms with E-state index in [0.717, 1.165) is 56.2 Å². The van der Waals surface area contributed by atoms with Crippen LogP contribution >= 0.6 is 0 Å².